The fourth-order valence-electron chi connectivity index (χ4n) is 6.92. The summed E-state index contributed by atoms with van der Waals surface area (Å²) in [7, 11) is -9.89. The van der Waals surface area contributed by atoms with Crippen LogP contribution in [-0.4, -0.2) is 39.9 Å². The Balaban J connectivity index is 0.000000138. The zero-order chi connectivity index (χ0) is 44.8. The molecule has 8 heterocycles. The molecule has 0 aliphatic carbocycles. The Morgan fingerprint density at radius 3 is 1.17 bits per heavy atom. The molecule has 4 aromatic carbocycles. The molecule has 0 unspecified atom stereocenters. The summed E-state index contributed by atoms with van der Waals surface area (Å²) in [6.07, 6.45) is 10.8. The molecule has 20 heteroatoms. The van der Waals surface area contributed by atoms with E-state index in [9.17, 15) is 0 Å². The maximum atomic E-state index is 8.49. The van der Waals surface area contributed by atoms with Crippen LogP contribution in [0.4, 0.5) is 0 Å². The van der Waals surface area contributed by atoms with Gasteiger partial charge in [-0.25, -0.2) is 42.3 Å². The summed E-state index contributed by atoms with van der Waals surface area (Å²) in [6.45, 7) is 0. The minimum absolute atomic E-state index is 0. The maximum absolute atomic E-state index is 8.49. The van der Waals surface area contributed by atoms with Gasteiger partial charge in [0.05, 0.1) is 44.1 Å². The Labute approximate surface area is 383 Å². The molecule has 12 rings (SSSR count). The van der Waals surface area contributed by atoms with Crippen molar-refractivity contribution in [2.45, 2.75) is 0 Å². The quantitative estimate of drug-likeness (QED) is 0.178. The van der Waals surface area contributed by atoms with Crippen molar-refractivity contribution < 1.29 is 81.7 Å². The number of nitrogens with one attached hydrogen (secondary N) is 1. The summed E-state index contributed by atoms with van der Waals surface area (Å²) in [4.78, 5) is 34.7. The molecule has 0 saturated carbocycles. The van der Waals surface area contributed by atoms with Crippen molar-refractivity contribution in [3.63, 3.8) is 0 Å². The number of imidazole rings is 1. The van der Waals surface area contributed by atoms with Gasteiger partial charge < -0.3 is 9.40 Å². The molecule has 324 valence electrons. The van der Waals surface area contributed by atoms with Crippen LogP contribution in [0.15, 0.2) is 169 Å². The van der Waals surface area contributed by atoms with E-state index in [1.807, 2.05) is 78.9 Å². The van der Waals surface area contributed by atoms with E-state index in [2.05, 4.69) is 83.4 Å². The third-order valence-electron chi connectivity index (χ3n) is 9.42. The minimum Gasteiger partial charge on any atom is -0.453 e. The van der Waals surface area contributed by atoms with Gasteiger partial charge in [-0.15, -0.1) is 20.5 Å². The zero-order valence-electron chi connectivity index (χ0n) is 33.0. The molecule has 65 heavy (non-hydrogen) atoms. The number of hydrogen-bond acceptors (Lipinski definition) is 16. The SMILES string of the molecule is [O-][Cl+3]([O-])([O-])[O-].[O-][Cl+3]([O-])([O-])[O-].[Ru+2].c1ccc2oc(-c3nc4c5cccnc5c5ncccc5c4[nH]3)cc2c1.c1cnc2c(c1)ccc1cccnc12.c1cnc2c(c1)ccc1cccnc12. The van der Waals surface area contributed by atoms with Crippen molar-refractivity contribution in [3.05, 3.63) is 165 Å². The van der Waals surface area contributed by atoms with Crippen molar-refractivity contribution in [1.29, 1.82) is 0 Å². The third kappa shape index (κ3) is 11.3. The van der Waals surface area contributed by atoms with Gasteiger partial charge in [0.1, 0.15) is 5.58 Å². The topological polar surface area (TPSA) is 304 Å². The van der Waals surface area contributed by atoms with Crippen molar-refractivity contribution >= 4 is 87.4 Å². The standard InChI is InChI=1S/C21H12N4O.2C12H8N2.2ClHO4.Ru/c1-2-8-15-12(5-1)11-16(26-15)21-24-19-13-6-3-9-22-17(13)18-14(20(19)25-21)7-4-10-23-18;2*1-3-9-5-6-10-4-2-8-14-12(10)11(9)13-7-1;2*2-1(3,4)5;/h1-11H,(H,24,25);2*1-8H;2*(H,2,3,4,5);/q;;;;;+2/p-2. The molecule has 1 N–H and O–H groups in total. The van der Waals surface area contributed by atoms with Gasteiger partial charge >= 0.3 is 19.5 Å². The normalized spacial score (nSPS) is 11.3. The van der Waals surface area contributed by atoms with Crippen LogP contribution in [0, 0.1) is 20.5 Å². The summed E-state index contributed by atoms with van der Waals surface area (Å²) < 4.78 is 73.9. The fraction of sp³-hybridized carbons (Fsp3) is 0. The van der Waals surface area contributed by atoms with E-state index in [1.165, 1.54) is 0 Å². The first-order valence-corrected chi connectivity index (χ1v) is 21.2. The van der Waals surface area contributed by atoms with Gasteiger partial charge in [-0.1, -0.05) is 66.7 Å². The Morgan fingerprint density at radius 1 is 0.385 bits per heavy atom. The molecule has 17 nitrogen and oxygen atoms in total. The van der Waals surface area contributed by atoms with Gasteiger partial charge in [0.15, 0.2) is 11.6 Å². The van der Waals surface area contributed by atoms with E-state index in [0.29, 0.717) is 5.82 Å². The Morgan fingerprint density at radius 2 is 0.738 bits per heavy atom. The van der Waals surface area contributed by atoms with Crippen LogP contribution in [-0.2, 0) is 19.5 Å². The number of benzene rings is 4. The molecule has 0 atom stereocenters. The summed E-state index contributed by atoms with van der Waals surface area (Å²) in [6, 6.07) is 42.2. The Kier molecular flexibility index (Phi) is 14.2. The first-order chi connectivity index (χ1) is 30.8. The molecule has 0 aliphatic rings. The Hall–Kier alpha value is -6.77. The number of halogens is 2. The van der Waals surface area contributed by atoms with Crippen LogP contribution >= 0.6 is 0 Å². The fourth-order valence-corrected chi connectivity index (χ4v) is 6.92. The maximum Gasteiger partial charge on any atom is 2.00 e. The number of para-hydroxylation sites is 1. The molecule has 0 radical (unpaired) electrons. The molecule has 8 aromatic heterocycles. The summed E-state index contributed by atoms with van der Waals surface area (Å²) >= 11 is 0. The van der Waals surface area contributed by atoms with E-state index in [4.69, 9.17) is 46.7 Å². The van der Waals surface area contributed by atoms with E-state index in [1.54, 1.807) is 37.2 Å². The predicted molar refractivity (Wildman–Crippen MR) is 216 cm³/mol. The average Bonchev–Trinajstić information content (AvgIpc) is 3.95. The van der Waals surface area contributed by atoms with Crippen LogP contribution in [0.5, 0.6) is 0 Å². The number of furan rings is 1. The molecule has 0 saturated heterocycles. The third-order valence-corrected chi connectivity index (χ3v) is 9.42. The van der Waals surface area contributed by atoms with Crippen molar-refractivity contribution in [2.75, 3.05) is 0 Å². The monoisotopic (exact) mass is 996 g/mol. The number of H-pyrrole nitrogens is 1. The molecule has 0 fully saturated rings. The van der Waals surface area contributed by atoms with E-state index >= 15 is 0 Å². The largest absolute Gasteiger partial charge is 2.00 e. The smallest absolute Gasteiger partial charge is 0.453 e. The number of aromatic nitrogens is 8. The Bertz CT molecular complexity index is 3220. The van der Waals surface area contributed by atoms with Gasteiger partial charge in [-0.2, -0.15) is 0 Å². The van der Waals surface area contributed by atoms with Crippen molar-refractivity contribution in [1.82, 2.24) is 39.9 Å². The molecule has 0 spiro atoms. The first-order valence-electron chi connectivity index (χ1n) is 18.7. The summed E-state index contributed by atoms with van der Waals surface area (Å²) in [5, 5.41) is 7.59. The van der Waals surface area contributed by atoms with Crippen LogP contribution in [0.2, 0.25) is 0 Å². The zero-order valence-corrected chi connectivity index (χ0v) is 36.3. The number of fused-ring (bicyclic) bond motifs is 13. The average molecular weight is 997 g/mol. The van der Waals surface area contributed by atoms with Crippen LogP contribution in [0.1, 0.15) is 0 Å². The van der Waals surface area contributed by atoms with Gasteiger partial charge in [0.25, 0.3) is 0 Å². The number of rotatable bonds is 1. The second kappa shape index (κ2) is 20.0. The second-order valence-electron chi connectivity index (χ2n) is 13.4. The van der Waals surface area contributed by atoms with Gasteiger partial charge in [0, 0.05) is 74.9 Å². The molecule has 0 bridgehead atoms. The van der Waals surface area contributed by atoms with E-state index in [0.717, 1.165) is 93.2 Å². The number of pyridine rings is 6. The predicted octanol–water partition coefficient (Wildman–Crippen LogP) is 1.12. The minimum atomic E-state index is -4.94. The first kappa shape index (κ1) is 46.2. The summed E-state index contributed by atoms with van der Waals surface area (Å²) in [5.41, 5.74) is 8.31. The number of hydrogen-bond donors (Lipinski definition) is 1. The van der Waals surface area contributed by atoms with Crippen molar-refractivity contribution in [2.24, 2.45) is 0 Å². The second-order valence-corrected chi connectivity index (χ2v) is 15.0. The molecule has 0 aliphatic heterocycles. The van der Waals surface area contributed by atoms with Gasteiger partial charge in [-0.05, 0) is 60.7 Å². The molecule has 0 amide bonds. The molecule has 12 aromatic rings. The van der Waals surface area contributed by atoms with E-state index in [-0.39, 0.29) is 19.5 Å². The van der Waals surface area contributed by atoms with Crippen molar-refractivity contribution in [3.8, 4) is 11.6 Å². The number of aromatic amines is 1. The van der Waals surface area contributed by atoms with Crippen LogP contribution < -0.4 is 37.3 Å². The molecular weight excluding hydrogens is 969 g/mol. The van der Waals surface area contributed by atoms with Crippen LogP contribution in [0.25, 0.3) is 99.0 Å². The van der Waals surface area contributed by atoms with Gasteiger partial charge in [0.2, 0.25) is 0 Å². The van der Waals surface area contributed by atoms with Gasteiger partial charge in [-0.3, -0.25) is 29.9 Å². The summed E-state index contributed by atoms with van der Waals surface area (Å²) in [5.74, 6) is 1.43. The van der Waals surface area contributed by atoms with Crippen LogP contribution in [0.3, 0.4) is 0 Å². The van der Waals surface area contributed by atoms with E-state index < -0.39 is 20.5 Å². The molecular formula is C45H28Cl2N8O9Ru. The number of nitrogens with zero attached hydrogens (tertiary/aromatic N) is 7.